The molecular formula is C18H40O2SSi. The molecule has 0 unspecified atom stereocenters. The van der Waals surface area contributed by atoms with Crippen molar-refractivity contribution < 1.29 is 9.53 Å². The maximum Gasteiger partial charge on any atom is 0.186 e. The second-order valence-electron chi connectivity index (χ2n) is 6.56. The van der Waals surface area contributed by atoms with Crippen LogP contribution in [-0.4, -0.2) is 25.1 Å². The van der Waals surface area contributed by atoms with Gasteiger partial charge in [-0.25, -0.2) is 0 Å². The molecule has 0 aliphatic carbocycles. The van der Waals surface area contributed by atoms with Gasteiger partial charge in [-0.05, 0) is 44.7 Å². The van der Waals surface area contributed by atoms with Crippen molar-refractivity contribution in [1.29, 1.82) is 0 Å². The van der Waals surface area contributed by atoms with Gasteiger partial charge in [-0.2, -0.15) is 0 Å². The quantitative estimate of drug-likeness (QED) is 0.220. The lowest BCUT2D eigenvalue weighted by molar-refractivity contribution is 0.327. The molecule has 22 heavy (non-hydrogen) atoms. The number of rotatable bonds is 13. The highest BCUT2D eigenvalue weighted by atomic mass is 32.1. The van der Waals surface area contributed by atoms with Crippen LogP contribution in [0.15, 0.2) is 0 Å². The van der Waals surface area contributed by atoms with E-state index < -0.39 is 8.32 Å². The fourth-order valence-electron chi connectivity index (χ4n) is 2.32. The molecule has 0 radical (unpaired) electrons. The first-order valence-electron chi connectivity index (χ1n) is 9.25. The third-order valence-electron chi connectivity index (χ3n) is 3.66. The van der Waals surface area contributed by atoms with Gasteiger partial charge in [-0.3, -0.25) is 0 Å². The van der Waals surface area contributed by atoms with E-state index in [1.807, 2.05) is 0 Å². The van der Waals surface area contributed by atoms with Crippen LogP contribution >= 0.6 is 12.2 Å². The summed E-state index contributed by atoms with van der Waals surface area (Å²) in [5.41, 5.74) is 0. The summed E-state index contributed by atoms with van der Waals surface area (Å²) in [5, 5.41) is 8.80. The average molecular weight is 349 g/mol. The molecule has 0 fully saturated rings. The summed E-state index contributed by atoms with van der Waals surface area (Å²) in [6, 6.07) is 1.33. The smallest absolute Gasteiger partial charge is 0.186 e. The predicted molar refractivity (Wildman–Crippen MR) is 107 cm³/mol. The van der Waals surface area contributed by atoms with E-state index in [9.17, 15) is 0 Å². The zero-order valence-corrected chi connectivity index (χ0v) is 17.6. The van der Waals surface area contributed by atoms with Crippen molar-refractivity contribution in [1.82, 2.24) is 0 Å². The molecule has 0 heterocycles. The van der Waals surface area contributed by atoms with Gasteiger partial charge in [0.25, 0.3) is 0 Å². The zero-order chi connectivity index (χ0) is 17.3. The number of hydrogen-bond acceptors (Lipinski definition) is 2. The largest absolute Gasteiger partial charge is 0.502 e. The SMILES string of the molecule is CCCCCCCC(O)=S.CCCCCC[Si](C)(C)OCC. The molecule has 0 amide bonds. The Morgan fingerprint density at radius 2 is 1.36 bits per heavy atom. The lowest BCUT2D eigenvalue weighted by Crippen LogP contribution is -2.29. The van der Waals surface area contributed by atoms with Crippen LogP contribution in [0.2, 0.25) is 19.1 Å². The Labute approximate surface area is 146 Å². The van der Waals surface area contributed by atoms with Crippen LogP contribution in [0.1, 0.15) is 85.0 Å². The molecule has 4 heteroatoms. The minimum Gasteiger partial charge on any atom is -0.502 e. The summed E-state index contributed by atoms with van der Waals surface area (Å²) in [6.45, 7) is 12.1. The molecule has 0 aliphatic rings. The first-order valence-corrected chi connectivity index (χ1v) is 12.8. The van der Waals surface area contributed by atoms with Gasteiger partial charge >= 0.3 is 0 Å². The Kier molecular flexibility index (Phi) is 19.3. The predicted octanol–water partition coefficient (Wildman–Crippen LogP) is 7.04. The molecular weight excluding hydrogens is 308 g/mol. The van der Waals surface area contributed by atoms with Crippen molar-refractivity contribution >= 4 is 25.6 Å². The van der Waals surface area contributed by atoms with Gasteiger partial charge in [-0.15, -0.1) is 0 Å². The molecule has 0 rings (SSSR count). The Morgan fingerprint density at radius 3 is 1.82 bits per heavy atom. The normalized spacial score (nSPS) is 11.0. The van der Waals surface area contributed by atoms with Gasteiger partial charge in [0.1, 0.15) is 0 Å². The van der Waals surface area contributed by atoms with Crippen molar-refractivity contribution in [3.8, 4) is 0 Å². The third-order valence-corrected chi connectivity index (χ3v) is 6.49. The fraction of sp³-hybridized carbons (Fsp3) is 0.944. The lowest BCUT2D eigenvalue weighted by Gasteiger charge is -2.21. The van der Waals surface area contributed by atoms with E-state index in [2.05, 4.69) is 46.1 Å². The molecule has 0 saturated carbocycles. The number of aliphatic hydroxyl groups is 1. The van der Waals surface area contributed by atoms with E-state index in [0.29, 0.717) is 6.42 Å². The molecule has 0 aromatic rings. The molecule has 0 saturated heterocycles. The summed E-state index contributed by atoms with van der Waals surface area (Å²) >= 11 is 4.53. The first-order chi connectivity index (χ1) is 10.4. The second-order valence-corrected chi connectivity index (χ2v) is 11.3. The second kappa shape index (κ2) is 17.4. The van der Waals surface area contributed by atoms with Gasteiger partial charge in [0.05, 0.1) is 0 Å². The van der Waals surface area contributed by atoms with Crippen LogP contribution in [-0.2, 0) is 4.43 Å². The van der Waals surface area contributed by atoms with Gasteiger partial charge in [0.2, 0.25) is 0 Å². The molecule has 0 atom stereocenters. The molecule has 0 bridgehead atoms. The molecule has 0 aliphatic heterocycles. The number of thiocarbonyl (C=S) groups is 1. The summed E-state index contributed by atoms with van der Waals surface area (Å²) in [4.78, 5) is 0. The third kappa shape index (κ3) is 22.3. The molecule has 2 nitrogen and oxygen atoms in total. The van der Waals surface area contributed by atoms with Gasteiger partial charge in [0, 0.05) is 13.0 Å². The highest BCUT2D eigenvalue weighted by Gasteiger charge is 2.20. The summed E-state index contributed by atoms with van der Waals surface area (Å²) in [6.07, 6.45) is 12.3. The number of aliphatic hydroxyl groups excluding tert-OH is 1. The molecule has 134 valence electrons. The van der Waals surface area contributed by atoms with E-state index in [0.717, 1.165) is 13.0 Å². The summed E-state index contributed by atoms with van der Waals surface area (Å²) < 4.78 is 5.75. The molecule has 0 aromatic carbocycles. The Morgan fingerprint density at radius 1 is 0.864 bits per heavy atom. The van der Waals surface area contributed by atoms with Crippen LogP contribution in [0.4, 0.5) is 0 Å². The van der Waals surface area contributed by atoms with Crippen molar-refractivity contribution in [3.05, 3.63) is 0 Å². The minimum absolute atomic E-state index is 0.163. The van der Waals surface area contributed by atoms with E-state index >= 15 is 0 Å². The Balaban J connectivity index is 0. The van der Waals surface area contributed by atoms with Crippen LogP contribution < -0.4 is 0 Å². The highest BCUT2D eigenvalue weighted by molar-refractivity contribution is 7.80. The van der Waals surface area contributed by atoms with Crippen LogP contribution in [0.25, 0.3) is 0 Å². The van der Waals surface area contributed by atoms with Crippen molar-refractivity contribution in [2.24, 2.45) is 0 Å². The lowest BCUT2D eigenvalue weighted by atomic mass is 10.1. The van der Waals surface area contributed by atoms with Crippen LogP contribution in [0.5, 0.6) is 0 Å². The molecule has 1 N–H and O–H groups in total. The first kappa shape index (κ1) is 24.3. The number of unbranched alkanes of at least 4 members (excludes halogenated alkanes) is 7. The van der Waals surface area contributed by atoms with Gasteiger partial charge in [-0.1, -0.05) is 65.2 Å². The van der Waals surface area contributed by atoms with E-state index in [-0.39, 0.29) is 5.05 Å². The monoisotopic (exact) mass is 348 g/mol. The maximum absolute atomic E-state index is 8.64. The van der Waals surface area contributed by atoms with Crippen molar-refractivity contribution in [3.63, 3.8) is 0 Å². The Bertz CT molecular complexity index is 245. The van der Waals surface area contributed by atoms with Gasteiger partial charge < -0.3 is 9.53 Å². The number of hydrogen-bond donors (Lipinski definition) is 1. The van der Waals surface area contributed by atoms with Gasteiger partial charge in [0.15, 0.2) is 13.4 Å². The molecule has 0 aromatic heterocycles. The van der Waals surface area contributed by atoms with Crippen molar-refractivity contribution in [2.45, 2.75) is 104 Å². The van der Waals surface area contributed by atoms with Crippen LogP contribution in [0, 0.1) is 0 Å². The van der Waals surface area contributed by atoms with E-state index in [1.54, 1.807) is 0 Å². The average Bonchev–Trinajstić information content (AvgIpc) is 2.44. The standard InChI is InChI=1S/C10H24OSi.C8H16OS/c1-5-7-8-9-10-12(3,4)11-6-2;1-2-3-4-5-6-7-8(9)10/h5-10H2,1-4H3;2-7H2,1H3,(H,9,10). The topological polar surface area (TPSA) is 29.5 Å². The zero-order valence-electron chi connectivity index (χ0n) is 15.7. The summed E-state index contributed by atoms with van der Waals surface area (Å²) in [5.74, 6) is 0. The minimum atomic E-state index is -1.25. The highest BCUT2D eigenvalue weighted by Crippen LogP contribution is 2.16. The van der Waals surface area contributed by atoms with Crippen molar-refractivity contribution in [2.75, 3.05) is 6.61 Å². The molecule has 0 spiro atoms. The van der Waals surface area contributed by atoms with E-state index in [1.165, 1.54) is 57.4 Å². The fourth-order valence-corrected chi connectivity index (χ4v) is 4.49. The van der Waals surface area contributed by atoms with Crippen LogP contribution in [0.3, 0.4) is 0 Å². The maximum atomic E-state index is 8.64. The Hall–Kier alpha value is 0.0669. The summed E-state index contributed by atoms with van der Waals surface area (Å²) in [7, 11) is -1.25. The van der Waals surface area contributed by atoms with E-state index in [4.69, 9.17) is 9.53 Å².